The van der Waals surface area contributed by atoms with E-state index in [1.807, 2.05) is 5.09 Å². The number of rotatable bonds is 1. The first-order valence-electron chi connectivity index (χ1n) is 0.901. The lowest BCUT2D eigenvalue weighted by molar-refractivity contribution is 0.562. The minimum atomic E-state index is 1.23. The SMILES string of the molecule is O=C=NN[Si]. The predicted octanol–water partition coefficient (Wildman–Crippen LogP) is -1.09. The van der Waals surface area contributed by atoms with Gasteiger partial charge in [0.1, 0.15) is 0 Å². The van der Waals surface area contributed by atoms with Gasteiger partial charge in [-0.3, -0.25) is 0 Å². The maximum atomic E-state index is 9.02. The Bertz CT molecular complexity index is 56.7. The molecule has 0 aliphatic heterocycles. The molecule has 0 rings (SSSR count). The third-order valence-corrected chi connectivity index (χ3v) is 0.213. The molecule has 0 atom stereocenters. The highest BCUT2D eigenvalue weighted by atomic mass is 28.2. The summed E-state index contributed by atoms with van der Waals surface area (Å²) in [6.45, 7) is 0. The van der Waals surface area contributed by atoms with Gasteiger partial charge in [0.05, 0.1) is 0 Å². The molecule has 0 aliphatic carbocycles. The summed E-state index contributed by atoms with van der Waals surface area (Å²) >= 11 is 0. The van der Waals surface area contributed by atoms with Crippen LogP contribution in [0.4, 0.5) is 0 Å². The Kier molecular flexibility index (Phi) is 2.99. The average Bonchev–Trinajstić information content (AvgIpc) is 1.41. The van der Waals surface area contributed by atoms with E-state index in [9.17, 15) is 0 Å². The molecule has 3 radical (unpaired) electrons. The quantitative estimate of drug-likeness (QED) is 0.190. The van der Waals surface area contributed by atoms with Crippen molar-refractivity contribution in [2.75, 3.05) is 0 Å². The largest absolute Gasteiger partial charge is 0.329 e. The second-order valence-electron chi connectivity index (χ2n) is 0.315. The first-order valence-corrected chi connectivity index (χ1v) is 1.40. The molecule has 0 amide bonds. The van der Waals surface area contributed by atoms with Crippen molar-refractivity contribution < 1.29 is 4.79 Å². The molecule has 5 heavy (non-hydrogen) atoms. The molecule has 25 valence electrons. The van der Waals surface area contributed by atoms with Crippen LogP contribution in [-0.4, -0.2) is 16.5 Å². The Morgan fingerprint density at radius 2 is 2.60 bits per heavy atom. The molecule has 0 heterocycles. The predicted molar refractivity (Wildman–Crippen MR) is 17.0 cm³/mol. The van der Waals surface area contributed by atoms with Gasteiger partial charge in [-0.25, -0.2) is 4.79 Å². The fourth-order valence-electron chi connectivity index (χ4n) is 0.0228. The lowest BCUT2D eigenvalue weighted by atomic mass is 11.6. The molecule has 0 saturated heterocycles. The molecular weight excluding hydrogens is 84.1 g/mol. The molecular formula is CHN2OSi. The van der Waals surface area contributed by atoms with Gasteiger partial charge in [0.25, 0.3) is 6.08 Å². The van der Waals surface area contributed by atoms with Crippen LogP contribution in [0.25, 0.3) is 0 Å². The van der Waals surface area contributed by atoms with Crippen molar-refractivity contribution in [3.63, 3.8) is 0 Å². The van der Waals surface area contributed by atoms with Gasteiger partial charge >= 0.3 is 0 Å². The van der Waals surface area contributed by atoms with Crippen LogP contribution in [0.15, 0.2) is 5.10 Å². The van der Waals surface area contributed by atoms with Crippen LogP contribution in [0, 0.1) is 0 Å². The van der Waals surface area contributed by atoms with Gasteiger partial charge in [0.2, 0.25) is 10.4 Å². The van der Waals surface area contributed by atoms with Gasteiger partial charge < -0.3 is 5.09 Å². The van der Waals surface area contributed by atoms with E-state index >= 15 is 0 Å². The molecule has 0 spiro atoms. The van der Waals surface area contributed by atoms with E-state index < -0.39 is 0 Å². The number of carbonyl (C=O) groups excluding carboxylic acids is 1. The average molecular weight is 85.1 g/mol. The highest BCUT2D eigenvalue weighted by Crippen LogP contribution is 1.30. The third-order valence-electron chi connectivity index (χ3n) is 0.102. The van der Waals surface area contributed by atoms with E-state index in [1.165, 1.54) is 6.08 Å². The number of hydrogen-bond acceptors (Lipinski definition) is 3. The molecule has 0 aliphatic rings. The summed E-state index contributed by atoms with van der Waals surface area (Å²) in [6, 6.07) is 0. The van der Waals surface area contributed by atoms with E-state index in [0.717, 1.165) is 0 Å². The summed E-state index contributed by atoms with van der Waals surface area (Å²) in [5, 5.41) is 4.85. The second kappa shape index (κ2) is 3.40. The highest BCUT2D eigenvalue weighted by Gasteiger charge is 1.46. The Labute approximate surface area is 32.6 Å². The standard InChI is InChI=1S/CHN2OSi/c4-1-2-3-5/h3H. The van der Waals surface area contributed by atoms with Crippen LogP contribution in [0.3, 0.4) is 0 Å². The minimum Gasteiger partial charge on any atom is -0.329 e. The van der Waals surface area contributed by atoms with Gasteiger partial charge in [0, 0.05) is 0 Å². The highest BCUT2D eigenvalue weighted by molar-refractivity contribution is 6.04. The summed E-state index contributed by atoms with van der Waals surface area (Å²) < 4.78 is 0. The fraction of sp³-hybridized carbons (Fsp3) is 0. The zero-order chi connectivity index (χ0) is 4.12. The van der Waals surface area contributed by atoms with E-state index in [2.05, 4.69) is 15.5 Å². The zero-order valence-electron chi connectivity index (χ0n) is 2.36. The second-order valence-corrected chi connectivity index (χ2v) is 0.539. The van der Waals surface area contributed by atoms with Crippen LogP contribution < -0.4 is 5.09 Å². The number of hydrazone groups is 1. The van der Waals surface area contributed by atoms with Crippen molar-refractivity contribution in [3.05, 3.63) is 0 Å². The van der Waals surface area contributed by atoms with Crippen molar-refractivity contribution in [2.24, 2.45) is 5.10 Å². The maximum absolute atomic E-state index is 9.02. The molecule has 0 aromatic rings. The summed E-state index contributed by atoms with van der Waals surface area (Å²) in [5.41, 5.74) is 0. The minimum absolute atomic E-state index is 1.23. The van der Waals surface area contributed by atoms with Crippen molar-refractivity contribution >= 4 is 16.5 Å². The molecule has 0 aromatic carbocycles. The number of isocyanates is 1. The van der Waals surface area contributed by atoms with Crippen LogP contribution in [0.1, 0.15) is 0 Å². The first kappa shape index (κ1) is 4.40. The number of nitrogens with zero attached hydrogens (tertiary/aromatic N) is 1. The Balaban J connectivity index is 2.93. The van der Waals surface area contributed by atoms with Crippen LogP contribution in [0.5, 0.6) is 0 Å². The fourth-order valence-corrected chi connectivity index (χ4v) is 0.0685. The van der Waals surface area contributed by atoms with Gasteiger partial charge in [-0.05, 0) is 0 Å². The lowest BCUT2D eigenvalue weighted by Crippen LogP contribution is -1.93. The van der Waals surface area contributed by atoms with E-state index in [1.54, 1.807) is 0 Å². The first-order chi connectivity index (χ1) is 2.41. The molecule has 1 N–H and O–H groups in total. The summed E-state index contributed by atoms with van der Waals surface area (Å²) in [4.78, 5) is 9.02. The summed E-state index contributed by atoms with van der Waals surface area (Å²) in [5.74, 6) is 0. The van der Waals surface area contributed by atoms with Gasteiger partial charge in [0.15, 0.2) is 0 Å². The van der Waals surface area contributed by atoms with E-state index in [-0.39, 0.29) is 0 Å². The Morgan fingerprint density at radius 3 is 2.60 bits per heavy atom. The van der Waals surface area contributed by atoms with Crippen LogP contribution in [0.2, 0.25) is 0 Å². The van der Waals surface area contributed by atoms with Crippen molar-refractivity contribution in [2.45, 2.75) is 0 Å². The maximum Gasteiger partial charge on any atom is 0.257 e. The monoisotopic (exact) mass is 85.0 g/mol. The normalized spacial score (nSPS) is 5.00. The molecule has 3 nitrogen and oxygen atoms in total. The molecule has 0 aromatic heterocycles. The van der Waals surface area contributed by atoms with Crippen molar-refractivity contribution in [1.29, 1.82) is 0 Å². The van der Waals surface area contributed by atoms with E-state index in [0.29, 0.717) is 0 Å². The topological polar surface area (TPSA) is 41.5 Å². The zero-order valence-corrected chi connectivity index (χ0v) is 3.36. The van der Waals surface area contributed by atoms with Crippen molar-refractivity contribution in [3.8, 4) is 0 Å². The summed E-state index contributed by atoms with van der Waals surface area (Å²) in [7, 11) is 2.67. The molecule has 0 fully saturated rings. The number of nitrogens with one attached hydrogen (secondary N) is 1. The smallest absolute Gasteiger partial charge is 0.257 e. The van der Waals surface area contributed by atoms with Crippen molar-refractivity contribution in [1.82, 2.24) is 5.09 Å². The van der Waals surface area contributed by atoms with Crippen LogP contribution >= 0.6 is 0 Å². The van der Waals surface area contributed by atoms with Gasteiger partial charge in [-0.15, -0.1) is 5.10 Å². The van der Waals surface area contributed by atoms with Crippen LogP contribution in [-0.2, 0) is 4.79 Å². The molecule has 0 bridgehead atoms. The third kappa shape index (κ3) is 3.40. The Hall–Kier alpha value is -0.603. The molecule has 0 saturated carbocycles. The molecule has 4 heteroatoms. The van der Waals surface area contributed by atoms with E-state index in [4.69, 9.17) is 4.79 Å². The Morgan fingerprint density at radius 1 is 2.00 bits per heavy atom. The molecule has 0 unspecified atom stereocenters. The lowest BCUT2D eigenvalue weighted by Gasteiger charge is -1.66. The van der Waals surface area contributed by atoms with Gasteiger partial charge in [-0.2, -0.15) is 0 Å². The summed E-state index contributed by atoms with van der Waals surface area (Å²) in [6.07, 6.45) is 1.23. The van der Waals surface area contributed by atoms with Gasteiger partial charge in [-0.1, -0.05) is 0 Å². The number of hydrogen-bond donors (Lipinski definition) is 1.